The number of carbonyl (C=O) groups is 2. The zero-order chi connectivity index (χ0) is 11.7. The predicted octanol–water partition coefficient (Wildman–Crippen LogP) is 1.50. The molecule has 15 heavy (non-hydrogen) atoms. The molecule has 0 aromatic carbocycles. The van der Waals surface area contributed by atoms with Crippen molar-refractivity contribution in [1.82, 2.24) is 5.32 Å². The second-order valence-corrected chi connectivity index (χ2v) is 4.33. The molecule has 1 unspecified atom stereocenters. The van der Waals surface area contributed by atoms with Crippen LogP contribution in [0.3, 0.4) is 0 Å². The second kappa shape index (κ2) is 8.59. The largest absolute Gasteiger partial charge is 0.481 e. The van der Waals surface area contributed by atoms with Crippen LogP contribution in [0.5, 0.6) is 0 Å². The van der Waals surface area contributed by atoms with Gasteiger partial charge in [-0.3, -0.25) is 9.59 Å². The molecule has 0 aliphatic carbocycles. The van der Waals surface area contributed by atoms with Gasteiger partial charge in [-0.2, -0.15) is 0 Å². The maximum absolute atomic E-state index is 11.3. The van der Waals surface area contributed by atoms with Crippen molar-refractivity contribution in [2.45, 2.75) is 39.2 Å². The molecule has 88 valence electrons. The first-order valence-corrected chi connectivity index (χ1v) is 6.34. The number of hydrogen-bond donors (Lipinski definition) is 2. The normalized spacial score (nSPS) is 12.1. The summed E-state index contributed by atoms with van der Waals surface area (Å²) in [6, 6.07) is 0.230. The molecule has 1 atom stereocenters. The number of rotatable bonds is 8. The molecule has 0 bridgehead atoms. The molecule has 4 nitrogen and oxygen atoms in total. The highest BCUT2D eigenvalue weighted by atomic mass is 32.2. The lowest BCUT2D eigenvalue weighted by atomic mass is 10.1. The van der Waals surface area contributed by atoms with Crippen molar-refractivity contribution < 1.29 is 14.7 Å². The van der Waals surface area contributed by atoms with Crippen molar-refractivity contribution >= 4 is 23.6 Å². The molecule has 0 saturated heterocycles. The van der Waals surface area contributed by atoms with Crippen LogP contribution in [0, 0.1) is 0 Å². The van der Waals surface area contributed by atoms with Crippen molar-refractivity contribution in [1.29, 1.82) is 0 Å². The summed E-state index contributed by atoms with van der Waals surface area (Å²) >= 11 is 1.13. The molecule has 1 amide bonds. The molecule has 0 heterocycles. The predicted molar refractivity (Wildman–Crippen MR) is 62.1 cm³/mol. The lowest BCUT2D eigenvalue weighted by molar-refractivity contribution is -0.133. The van der Waals surface area contributed by atoms with Gasteiger partial charge in [0.25, 0.3) is 0 Å². The second-order valence-electron chi connectivity index (χ2n) is 3.35. The van der Waals surface area contributed by atoms with Gasteiger partial charge in [-0.15, -0.1) is 11.8 Å². The number of carboxylic acids is 1. The highest BCUT2D eigenvalue weighted by Gasteiger charge is 2.09. The van der Waals surface area contributed by atoms with Gasteiger partial charge in [0.2, 0.25) is 5.91 Å². The number of hydrogen-bond acceptors (Lipinski definition) is 3. The Morgan fingerprint density at radius 3 is 2.47 bits per heavy atom. The molecule has 0 aliphatic heterocycles. The van der Waals surface area contributed by atoms with Gasteiger partial charge < -0.3 is 10.4 Å². The Morgan fingerprint density at radius 2 is 2.00 bits per heavy atom. The highest BCUT2D eigenvalue weighted by molar-refractivity contribution is 8.00. The third-order valence-corrected chi connectivity index (χ3v) is 2.87. The Kier molecular flexibility index (Phi) is 8.18. The zero-order valence-electron chi connectivity index (χ0n) is 9.28. The Morgan fingerprint density at radius 1 is 1.33 bits per heavy atom. The molecular formula is C10H19NO3S. The molecule has 0 aromatic heterocycles. The molecular weight excluding hydrogens is 214 g/mol. The Labute approximate surface area is 94.8 Å². The van der Waals surface area contributed by atoms with E-state index in [0.717, 1.165) is 31.0 Å². The molecule has 0 saturated carbocycles. The van der Waals surface area contributed by atoms with E-state index in [1.54, 1.807) is 0 Å². The van der Waals surface area contributed by atoms with Crippen molar-refractivity contribution in [3.63, 3.8) is 0 Å². The van der Waals surface area contributed by atoms with E-state index in [0.29, 0.717) is 0 Å². The van der Waals surface area contributed by atoms with Gasteiger partial charge in [-0.25, -0.2) is 0 Å². The molecule has 2 N–H and O–H groups in total. The summed E-state index contributed by atoms with van der Waals surface area (Å²) in [6.45, 7) is 4.11. The van der Waals surface area contributed by atoms with Gasteiger partial charge in [0.15, 0.2) is 0 Å². The number of carbonyl (C=O) groups excluding carboxylic acids is 1. The van der Waals surface area contributed by atoms with Crippen LogP contribution in [0.1, 0.15) is 33.1 Å². The van der Waals surface area contributed by atoms with Crippen molar-refractivity contribution in [3.8, 4) is 0 Å². The maximum atomic E-state index is 11.3. The lowest BCUT2D eigenvalue weighted by Gasteiger charge is -2.15. The van der Waals surface area contributed by atoms with Gasteiger partial charge in [0.05, 0.1) is 11.5 Å². The van der Waals surface area contributed by atoms with Crippen molar-refractivity contribution in [3.05, 3.63) is 0 Å². The molecule has 0 aliphatic rings. The number of thioether (sulfide) groups is 1. The standard InChI is InChI=1S/C10H19NO3S/c1-3-5-8(4-2)11-9(12)6-15-7-10(13)14/h8H,3-7H2,1-2H3,(H,11,12)(H,13,14). The average molecular weight is 233 g/mol. The fourth-order valence-electron chi connectivity index (χ4n) is 1.23. The lowest BCUT2D eigenvalue weighted by Crippen LogP contribution is -2.35. The summed E-state index contributed by atoms with van der Waals surface area (Å²) in [5, 5.41) is 11.3. The molecule has 5 heteroatoms. The summed E-state index contributed by atoms with van der Waals surface area (Å²) in [5.74, 6) is -0.736. The quantitative estimate of drug-likeness (QED) is 0.666. The maximum Gasteiger partial charge on any atom is 0.313 e. The third-order valence-electron chi connectivity index (χ3n) is 1.95. The summed E-state index contributed by atoms with van der Waals surface area (Å²) in [7, 11) is 0. The first kappa shape index (κ1) is 14.3. The van der Waals surface area contributed by atoms with Crippen LogP contribution in [0.15, 0.2) is 0 Å². The Bertz CT molecular complexity index is 209. The van der Waals surface area contributed by atoms with E-state index in [4.69, 9.17) is 5.11 Å². The van der Waals surface area contributed by atoms with Crippen LogP contribution >= 0.6 is 11.8 Å². The summed E-state index contributed by atoms with van der Waals surface area (Å²) < 4.78 is 0. The zero-order valence-corrected chi connectivity index (χ0v) is 10.1. The average Bonchev–Trinajstić information content (AvgIpc) is 2.16. The van der Waals surface area contributed by atoms with E-state index in [1.807, 2.05) is 6.92 Å². The SMILES string of the molecule is CCCC(CC)NC(=O)CSCC(=O)O. The Hall–Kier alpha value is -0.710. The third kappa shape index (κ3) is 8.30. The number of aliphatic carboxylic acids is 1. The minimum absolute atomic E-state index is 0.0159. The molecule has 0 rings (SSSR count). The van der Waals surface area contributed by atoms with Crippen LogP contribution in [-0.2, 0) is 9.59 Å². The van der Waals surface area contributed by atoms with Gasteiger partial charge in [-0.1, -0.05) is 20.3 Å². The van der Waals surface area contributed by atoms with E-state index in [2.05, 4.69) is 12.2 Å². The van der Waals surface area contributed by atoms with Crippen LogP contribution in [0.4, 0.5) is 0 Å². The fraction of sp³-hybridized carbons (Fsp3) is 0.800. The van der Waals surface area contributed by atoms with Crippen LogP contribution < -0.4 is 5.32 Å². The number of nitrogens with one attached hydrogen (secondary N) is 1. The van der Waals surface area contributed by atoms with E-state index in [9.17, 15) is 9.59 Å². The fourth-order valence-corrected chi connectivity index (χ4v) is 1.77. The first-order valence-electron chi connectivity index (χ1n) is 5.19. The minimum atomic E-state index is -0.881. The van der Waals surface area contributed by atoms with E-state index < -0.39 is 5.97 Å². The van der Waals surface area contributed by atoms with Crippen LogP contribution in [0.25, 0.3) is 0 Å². The van der Waals surface area contributed by atoms with Gasteiger partial charge in [0.1, 0.15) is 0 Å². The summed E-state index contributed by atoms with van der Waals surface area (Å²) in [6.07, 6.45) is 2.94. The van der Waals surface area contributed by atoms with E-state index in [-0.39, 0.29) is 23.5 Å². The molecule has 0 aromatic rings. The van der Waals surface area contributed by atoms with E-state index >= 15 is 0 Å². The van der Waals surface area contributed by atoms with E-state index in [1.165, 1.54) is 0 Å². The Balaban J connectivity index is 3.66. The van der Waals surface area contributed by atoms with Crippen molar-refractivity contribution in [2.75, 3.05) is 11.5 Å². The van der Waals surface area contributed by atoms with Crippen molar-refractivity contribution in [2.24, 2.45) is 0 Å². The van der Waals surface area contributed by atoms with Gasteiger partial charge >= 0.3 is 5.97 Å². The smallest absolute Gasteiger partial charge is 0.313 e. The first-order chi connectivity index (χ1) is 7.10. The summed E-state index contributed by atoms with van der Waals surface area (Å²) in [5.41, 5.74) is 0. The molecule has 0 radical (unpaired) electrons. The highest BCUT2D eigenvalue weighted by Crippen LogP contribution is 2.03. The topological polar surface area (TPSA) is 66.4 Å². The number of amides is 1. The van der Waals surface area contributed by atoms with Gasteiger partial charge in [-0.05, 0) is 12.8 Å². The number of carboxylic acid groups (broad SMARTS) is 1. The van der Waals surface area contributed by atoms with Crippen LogP contribution in [-0.4, -0.2) is 34.5 Å². The monoisotopic (exact) mass is 233 g/mol. The van der Waals surface area contributed by atoms with Crippen LogP contribution in [0.2, 0.25) is 0 Å². The van der Waals surface area contributed by atoms with Gasteiger partial charge in [0, 0.05) is 6.04 Å². The summed E-state index contributed by atoms with van der Waals surface area (Å²) in [4.78, 5) is 21.6. The molecule has 0 fully saturated rings. The minimum Gasteiger partial charge on any atom is -0.481 e. The molecule has 0 spiro atoms.